The van der Waals surface area contributed by atoms with Crippen LogP contribution in [0.15, 0.2) is 22.8 Å². The van der Waals surface area contributed by atoms with Crippen LogP contribution >= 0.6 is 0 Å². The average molecular weight is 235 g/mol. The van der Waals surface area contributed by atoms with E-state index in [2.05, 4.69) is 25.2 Å². The Balaban J connectivity index is 1.75. The summed E-state index contributed by atoms with van der Waals surface area (Å²) in [4.78, 5) is 0. The Hall–Kier alpha value is -0.760. The third-order valence-corrected chi connectivity index (χ3v) is 3.99. The Morgan fingerprint density at radius 2 is 2.06 bits per heavy atom. The molecule has 2 heteroatoms. The number of hydrogen-bond acceptors (Lipinski definition) is 2. The van der Waals surface area contributed by atoms with Crippen LogP contribution in [0.2, 0.25) is 0 Å². The van der Waals surface area contributed by atoms with Crippen LogP contribution < -0.4 is 5.32 Å². The maximum atomic E-state index is 5.39. The van der Waals surface area contributed by atoms with E-state index < -0.39 is 0 Å². The van der Waals surface area contributed by atoms with Crippen LogP contribution in [0.3, 0.4) is 0 Å². The molecule has 0 amide bonds. The minimum atomic E-state index is 0.498. The van der Waals surface area contributed by atoms with Gasteiger partial charge in [-0.25, -0.2) is 0 Å². The van der Waals surface area contributed by atoms with Crippen LogP contribution in [0.5, 0.6) is 0 Å². The van der Waals surface area contributed by atoms with Gasteiger partial charge in [-0.15, -0.1) is 0 Å². The van der Waals surface area contributed by atoms with Crippen LogP contribution in [0.4, 0.5) is 0 Å². The molecule has 17 heavy (non-hydrogen) atoms. The molecule has 0 aliphatic heterocycles. The molecule has 1 heterocycles. The molecule has 0 radical (unpaired) electrons. The van der Waals surface area contributed by atoms with Gasteiger partial charge in [-0.2, -0.15) is 0 Å². The van der Waals surface area contributed by atoms with Crippen molar-refractivity contribution in [3.63, 3.8) is 0 Å². The molecule has 0 saturated heterocycles. The number of nitrogens with one attached hydrogen (secondary N) is 1. The predicted octanol–water partition coefficient (Wildman–Crippen LogP) is 3.77. The summed E-state index contributed by atoms with van der Waals surface area (Å²) in [6, 6.07) is 5.16. The first-order valence-electron chi connectivity index (χ1n) is 7.04. The van der Waals surface area contributed by atoms with Gasteiger partial charge < -0.3 is 9.73 Å². The fourth-order valence-electron chi connectivity index (χ4n) is 3.01. The molecule has 1 fully saturated rings. The maximum absolute atomic E-state index is 5.39. The number of hydrogen-bond donors (Lipinski definition) is 1. The monoisotopic (exact) mass is 235 g/mol. The SMILES string of the molecule is CC(Cc1ccco1)N[C@@H](C)C1CCCCC1. The highest BCUT2D eigenvalue weighted by molar-refractivity contribution is 5.00. The summed E-state index contributed by atoms with van der Waals surface area (Å²) in [6.07, 6.45) is 9.83. The third-order valence-electron chi connectivity index (χ3n) is 3.99. The summed E-state index contributed by atoms with van der Waals surface area (Å²) in [6.45, 7) is 4.59. The van der Waals surface area contributed by atoms with Gasteiger partial charge in [-0.05, 0) is 44.7 Å². The highest BCUT2D eigenvalue weighted by Crippen LogP contribution is 2.26. The lowest BCUT2D eigenvalue weighted by Crippen LogP contribution is -2.41. The van der Waals surface area contributed by atoms with Crippen molar-refractivity contribution >= 4 is 0 Å². The van der Waals surface area contributed by atoms with Gasteiger partial charge in [-0.1, -0.05) is 19.3 Å². The molecule has 96 valence electrons. The first-order chi connectivity index (χ1) is 8.25. The van der Waals surface area contributed by atoms with Crippen molar-refractivity contribution in [2.75, 3.05) is 0 Å². The standard InChI is InChI=1S/C15H25NO/c1-12(11-15-9-6-10-17-15)16-13(2)14-7-4-3-5-8-14/h6,9-10,12-14,16H,3-5,7-8,11H2,1-2H3/t12?,13-/m0/s1. The van der Waals surface area contributed by atoms with Gasteiger partial charge in [-0.3, -0.25) is 0 Å². The second kappa shape index (κ2) is 6.25. The van der Waals surface area contributed by atoms with Gasteiger partial charge in [0.05, 0.1) is 6.26 Å². The maximum Gasteiger partial charge on any atom is 0.105 e. The molecule has 2 atom stereocenters. The van der Waals surface area contributed by atoms with Crippen molar-refractivity contribution in [3.05, 3.63) is 24.2 Å². The van der Waals surface area contributed by atoms with E-state index >= 15 is 0 Å². The first kappa shape index (κ1) is 12.7. The highest BCUT2D eigenvalue weighted by atomic mass is 16.3. The molecule has 1 aromatic heterocycles. The Kier molecular flexibility index (Phi) is 4.66. The van der Waals surface area contributed by atoms with Gasteiger partial charge >= 0.3 is 0 Å². The lowest BCUT2D eigenvalue weighted by molar-refractivity contribution is 0.264. The van der Waals surface area contributed by atoms with Gasteiger partial charge in [0.2, 0.25) is 0 Å². The molecule has 1 aliphatic carbocycles. The molecule has 1 aromatic rings. The summed E-state index contributed by atoms with van der Waals surface area (Å²) >= 11 is 0. The fraction of sp³-hybridized carbons (Fsp3) is 0.733. The average Bonchev–Trinajstić information content (AvgIpc) is 2.82. The van der Waals surface area contributed by atoms with Gasteiger partial charge in [0, 0.05) is 18.5 Å². The number of furan rings is 1. The van der Waals surface area contributed by atoms with Crippen LogP contribution in [0.25, 0.3) is 0 Å². The summed E-state index contributed by atoms with van der Waals surface area (Å²) in [5.74, 6) is 1.96. The zero-order valence-electron chi connectivity index (χ0n) is 11.1. The zero-order chi connectivity index (χ0) is 12.1. The molecule has 1 saturated carbocycles. The van der Waals surface area contributed by atoms with E-state index in [1.807, 2.05) is 6.07 Å². The van der Waals surface area contributed by atoms with E-state index in [0.29, 0.717) is 12.1 Å². The quantitative estimate of drug-likeness (QED) is 0.840. The van der Waals surface area contributed by atoms with E-state index in [4.69, 9.17) is 4.42 Å². The molecular weight excluding hydrogens is 210 g/mol. The topological polar surface area (TPSA) is 25.2 Å². The summed E-state index contributed by atoms with van der Waals surface area (Å²) in [5.41, 5.74) is 0. The summed E-state index contributed by atoms with van der Waals surface area (Å²) < 4.78 is 5.39. The van der Waals surface area contributed by atoms with Gasteiger partial charge in [0.25, 0.3) is 0 Å². The second-order valence-corrected chi connectivity index (χ2v) is 5.54. The van der Waals surface area contributed by atoms with E-state index in [0.717, 1.165) is 18.1 Å². The molecule has 1 unspecified atom stereocenters. The Morgan fingerprint density at radius 3 is 2.71 bits per heavy atom. The van der Waals surface area contributed by atoms with Gasteiger partial charge in [0.15, 0.2) is 0 Å². The van der Waals surface area contributed by atoms with E-state index in [1.165, 1.54) is 32.1 Å². The van der Waals surface area contributed by atoms with Crippen LogP contribution in [-0.2, 0) is 6.42 Å². The van der Waals surface area contributed by atoms with Crippen molar-refractivity contribution in [2.45, 2.75) is 64.5 Å². The summed E-state index contributed by atoms with van der Waals surface area (Å²) in [5, 5.41) is 3.73. The third kappa shape index (κ3) is 3.88. The molecule has 2 rings (SSSR count). The molecule has 1 aliphatic rings. The largest absolute Gasteiger partial charge is 0.469 e. The summed E-state index contributed by atoms with van der Waals surface area (Å²) in [7, 11) is 0. The van der Waals surface area contributed by atoms with E-state index in [-0.39, 0.29) is 0 Å². The number of rotatable bonds is 5. The smallest absolute Gasteiger partial charge is 0.105 e. The van der Waals surface area contributed by atoms with Crippen molar-refractivity contribution in [3.8, 4) is 0 Å². The van der Waals surface area contributed by atoms with Crippen molar-refractivity contribution < 1.29 is 4.42 Å². The van der Waals surface area contributed by atoms with Crippen LogP contribution in [-0.4, -0.2) is 12.1 Å². The Bertz CT molecular complexity index is 301. The lowest BCUT2D eigenvalue weighted by Gasteiger charge is -2.30. The lowest BCUT2D eigenvalue weighted by atomic mass is 9.84. The van der Waals surface area contributed by atoms with Gasteiger partial charge in [0.1, 0.15) is 5.76 Å². The predicted molar refractivity (Wildman–Crippen MR) is 71.0 cm³/mol. The highest BCUT2D eigenvalue weighted by Gasteiger charge is 2.21. The van der Waals surface area contributed by atoms with Crippen LogP contribution in [0.1, 0.15) is 51.7 Å². The Labute approximate surface area is 105 Å². The fourth-order valence-corrected chi connectivity index (χ4v) is 3.01. The molecular formula is C15H25NO. The molecule has 1 N–H and O–H groups in total. The second-order valence-electron chi connectivity index (χ2n) is 5.54. The minimum absolute atomic E-state index is 0.498. The first-order valence-corrected chi connectivity index (χ1v) is 7.04. The van der Waals surface area contributed by atoms with Crippen molar-refractivity contribution in [2.24, 2.45) is 5.92 Å². The normalized spacial score (nSPS) is 21.3. The van der Waals surface area contributed by atoms with E-state index in [9.17, 15) is 0 Å². The molecule has 0 bridgehead atoms. The van der Waals surface area contributed by atoms with Crippen LogP contribution in [0, 0.1) is 5.92 Å². The Morgan fingerprint density at radius 1 is 1.29 bits per heavy atom. The molecule has 0 spiro atoms. The minimum Gasteiger partial charge on any atom is -0.469 e. The van der Waals surface area contributed by atoms with E-state index in [1.54, 1.807) is 6.26 Å². The molecule has 2 nitrogen and oxygen atoms in total. The molecule has 0 aromatic carbocycles. The zero-order valence-corrected chi connectivity index (χ0v) is 11.1. The van der Waals surface area contributed by atoms with Crippen molar-refractivity contribution in [1.82, 2.24) is 5.32 Å². The van der Waals surface area contributed by atoms with Crippen molar-refractivity contribution in [1.29, 1.82) is 0 Å².